The number of fused-ring (bicyclic) bond motifs is 2. The average Bonchev–Trinajstić information content (AvgIpc) is 3.16. The summed E-state index contributed by atoms with van der Waals surface area (Å²) in [4.78, 5) is 11.4. The number of halogens is 2. The normalized spacial score (nSPS) is 25.2. The third-order valence-electron chi connectivity index (χ3n) is 4.83. The first-order valence-electron chi connectivity index (χ1n) is 8.55. The number of aryl methyl sites for hydroxylation is 1. The van der Waals surface area contributed by atoms with Crippen molar-refractivity contribution in [1.29, 1.82) is 0 Å². The lowest BCUT2D eigenvalue weighted by Gasteiger charge is -2.30. The highest BCUT2D eigenvalue weighted by atomic mass is 35.5. The molecule has 0 spiro atoms. The van der Waals surface area contributed by atoms with Crippen molar-refractivity contribution in [2.75, 3.05) is 19.8 Å². The van der Waals surface area contributed by atoms with Crippen LogP contribution in [0.4, 0.5) is 0 Å². The van der Waals surface area contributed by atoms with Crippen molar-refractivity contribution in [3.8, 4) is 0 Å². The summed E-state index contributed by atoms with van der Waals surface area (Å²) in [5.41, 5.74) is 2.02. The molecule has 2 saturated heterocycles. The Morgan fingerprint density at radius 2 is 2.17 bits per heavy atom. The molecule has 0 amide bonds. The van der Waals surface area contributed by atoms with Gasteiger partial charge in [0.25, 0.3) is 0 Å². The molecule has 0 aromatic heterocycles. The Balaban J connectivity index is 1.70. The fourth-order valence-electron chi connectivity index (χ4n) is 3.66. The summed E-state index contributed by atoms with van der Waals surface area (Å²) in [6.07, 6.45) is 3.97. The minimum absolute atomic E-state index is 0.132. The van der Waals surface area contributed by atoms with Crippen molar-refractivity contribution >= 4 is 29.2 Å². The summed E-state index contributed by atoms with van der Waals surface area (Å²) in [7, 11) is 0. The molecule has 0 saturated carbocycles. The van der Waals surface area contributed by atoms with Crippen LogP contribution >= 0.6 is 23.2 Å². The lowest BCUT2D eigenvalue weighted by atomic mass is 9.87. The summed E-state index contributed by atoms with van der Waals surface area (Å²) in [6, 6.07) is 4.34. The molecule has 2 unspecified atom stereocenters. The topological polar surface area (TPSA) is 47.6 Å². The second-order valence-corrected chi connectivity index (χ2v) is 7.34. The first-order valence-corrected chi connectivity index (χ1v) is 9.31. The molecule has 1 aromatic carbocycles. The Hall–Kier alpha value is -0.810. The molecule has 2 fully saturated rings. The highest BCUT2D eigenvalue weighted by Gasteiger charge is 2.48. The summed E-state index contributed by atoms with van der Waals surface area (Å²) >= 11 is 12.5. The minimum atomic E-state index is -0.282. The van der Waals surface area contributed by atoms with Crippen molar-refractivity contribution in [2.45, 2.75) is 50.7 Å². The molecule has 2 heterocycles. The van der Waals surface area contributed by atoms with Gasteiger partial charge in [0.05, 0.1) is 23.3 Å². The second kappa shape index (κ2) is 7.61. The zero-order valence-corrected chi connectivity index (χ0v) is 15.4. The van der Waals surface area contributed by atoms with Crippen LogP contribution in [0.2, 0.25) is 10.0 Å². The maximum absolute atomic E-state index is 11.4. The molecular formula is C18H23Cl2NO3. The molecule has 2 aliphatic rings. The third kappa shape index (κ3) is 3.72. The first kappa shape index (κ1) is 18.0. The van der Waals surface area contributed by atoms with E-state index in [0.29, 0.717) is 29.1 Å². The fourth-order valence-corrected chi connectivity index (χ4v) is 4.01. The molecule has 0 aliphatic carbocycles. The number of nitrogens with one attached hydrogen (secondary N) is 1. The van der Waals surface area contributed by atoms with Gasteiger partial charge in [-0.1, -0.05) is 23.2 Å². The number of ether oxygens (including phenoxy) is 2. The minimum Gasteiger partial charge on any atom is -0.466 e. The molecule has 0 radical (unpaired) electrons. The summed E-state index contributed by atoms with van der Waals surface area (Å²) in [6.45, 7) is 3.81. The SMILES string of the molecule is CCOC(=O)CCCCc1cc(Cl)c(Cl)cc1C12CNC(CO1)C2. The van der Waals surface area contributed by atoms with Gasteiger partial charge in [0.15, 0.2) is 0 Å². The standard InChI is InChI=1S/C18H23Cl2NO3/c1-2-23-17(22)6-4-3-5-12-7-15(19)16(20)8-14(12)18-9-13(10-24-18)21-11-18/h7-8,13,21H,2-6,9-11H2,1H3. The van der Waals surface area contributed by atoms with E-state index in [1.807, 2.05) is 19.1 Å². The van der Waals surface area contributed by atoms with Crippen molar-refractivity contribution < 1.29 is 14.3 Å². The van der Waals surface area contributed by atoms with Gasteiger partial charge in [0.1, 0.15) is 5.60 Å². The highest BCUT2D eigenvalue weighted by Crippen LogP contribution is 2.44. The van der Waals surface area contributed by atoms with Gasteiger partial charge >= 0.3 is 5.97 Å². The van der Waals surface area contributed by atoms with Crippen molar-refractivity contribution in [2.24, 2.45) is 0 Å². The van der Waals surface area contributed by atoms with E-state index in [-0.39, 0.29) is 11.6 Å². The maximum Gasteiger partial charge on any atom is 0.305 e. The molecule has 2 atom stereocenters. The molecule has 6 heteroatoms. The van der Waals surface area contributed by atoms with Gasteiger partial charge < -0.3 is 14.8 Å². The lowest BCUT2D eigenvalue weighted by molar-refractivity contribution is -0.143. The van der Waals surface area contributed by atoms with Crippen LogP contribution in [0.15, 0.2) is 12.1 Å². The zero-order valence-electron chi connectivity index (χ0n) is 13.9. The van der Waals surface area contributed by atoms with Crippen LogP contribution in [0.25, 0.3) is 0 Å². The van der Waals surface area contributed by atoms with Gasteiger partial charge in [-0.25, -0.2) is 0 Å². The fraction of sp³-hybridized carbons (Fsp3) is 0.611. The van der Waals surface area contributed by atoms with E-state index in [2.05, 4.69) is 5.32 Å². The van der Waals surface area contributed by atoms with Crippen molar-refractivity contribution in [3.63, 3.8) is 0 Å². The van der Waals surface area contributed by atoms with Crippen LogP contribution in [0, 0.1) is 0 Å². The van der Waals surface area contributed by atoms with Gasteiger partial charge in [0.2, 0.25) is 0 Å². The molecule has 132 valence electrons. The highest BCUT2D eigenvalue weighted by molar-refractivity contribution is 6.42. The van der Waals surface area contributed by atoms with E-state index >= 15 is 0 Å². The van der Waals surface area contributed by atoms with Crippen LogP contribution in [0.1, 0.15) is 43.7 Å². The number of rotatable bonds is 7. The van der Waals surface area contributed by atoms with E-state index < -0.39 is 0 Å². The lowest BCUT2D eigenvalue weighted by Crippen LogP contribution is -2.38. The van der Waals surface area contributed by atoms with Crippen LogP contribution in [-0.2, 0) is 26.3 Å². The quantitative estimate of drug-likeness (QED) is 0.583. The summed E-state index contributed by atoms with van der Waals surface area (Å²) < 4.78 is 11.1. The molecular weight excluding hydrogens is 349 g/mol. The number of hydrogen-bond acceptors (Lipinski definition) is 4. The van der Waals surface area contributed by atoms with Gasteiger partial charge in [-0.05, 0) is 55.9 Å². The second-order valence-electron chi connectivity index (χ2n) is 6.52. The predicted octanol–water partition coefficient (Wildman–Crippen LogP) is 3.86. The number of benzene rings is 1. The van der Waals surface area contributed by atoms with E-state index in [1.165, 1.54) is 0 Å². The Morgan fingerprint density at radius 1 is 1.38 bits per heavy atom. The zero-order chi connectivity index (χ0) is 17.2. The molecule has 2 aliphatic heterocycles. The van der Waals surface area contributed by atoms with Crippen LogP contribution in [0.3, 0.4) is 0 Å². The molecule has 1 N–H and O–H groups in total. The number of carbonyl (C=O) groups excluding carboxylic acids is 1. The molecule has 2 bridgehead atoms. The monoisotopic (exact) mass is 371 g/mol. The van der Waals surface area contributed by atoms with E-state index in [0.717, 1.165) is 50.0 Å². The Bertz CT molecular complexity index is 613. The maximum atomic E-state index is 11.4. The Morgan fingerprint density at radius 3 is 2.79 bits per heavy atom. The predicted molar refractivity (Wildman–Crippen MR) is 94.7 cm³/mol. The average molecular weight is 372 g/mol. The van der Waals surface area contributed by atoms with Crippen LogP contribution in [-0.4, -0.2) is 31.8 Å². The number of hydrogen-bond donors (Lipinski definition) is 1. The smallest absolute Gasteiger partial charge is 0.305 e. The van der Waals surface area contributed by atoms with Crippen LogP contribution in [0.5, 0.6) is 0 Å². The number of esters is 1. The van der Waals surface area contributed by atoms with Gasteiger partial charge in [-0.2, -0.15) is 0 Å². The Labute approximate surface area is 152 Å². The van der Waals surface area contributed by atoms with Gasteiger partial charge in [0, 0.05) is 19.0 Å². The molecule has 1 aromatic rings. The van der Waals surface area contributed by atoms with E-state index in [4.69, 9.17) is 32.7 Å². The van der Waals surface area contributed by atoms with Crippen molar-refractivity contribution in [1.82, 2.24) is 5.32 Å². The van der Waals surface area contributed by atoms with Crippen LogP contribution < -0.4 is 5.32 Å². The van der Waals surface area contributed by atoms with Crippen molar-refractivity contribution in [3.05, 3.63) is 33.3 Å². The number of carbonyl (C=O) groups is 1. The summed E-state index contributed by atoms with van der Waals surface area (Å²) in [5, 5.41) is 4.62. The summed E-state index contributed by atoms with van der Waals surface area (Å²) in [5.74, 6) is -0.132. The molecule has 3 rings (SSSR count). The molecule has 24 heavy (non-hydrogen) atoms. The van der Waals surface area contributed by atoms with E-state index in [9.17, 15) is 4.79 Å². The third-order valence-corrected chi connectivity index (χ3v) is 5.55. The number of unbranched alkanes of at least 4 members (excludes halogenated alkanes) is 1. The molecule has 4 nitrogen and oxygen atoms in total. The largest absolute Gasteiger partial charge is 0.466 e. The first-order chi connectivity index (χ1) is 11.5. The number of morpholine rings is 1. The Kier molecular flexibility index (Phi) is 5.70. The van der Waals surface area contributed by atoms with Gasteiger partial charge in [-0.15, -0.1) is 0 Å². The van der Waals surface area contributed by atoms with Gasteiger partial charge in [-0.3, -0.25) is 4.79 Å². The van der Waals surface area contributed by atoms with E-state index in [1.54, 1.807) is 0 Å².